The van der Waals surface area contributed by atoms with Crippen LogP contribution in [0, 0.1) is 0 Å². The van der Waals surface area contributed by atoms with Crippen molar-refractivity contribution >= 4 is 11.9 Å². The summed E-state index contributed by atoms with van der Waals surface area (Å²) in [5.74, 6) is -0.795. The van der Waals surface area contributed by atoms with Crippen LogP contribution in [0.5, 0.6) is 11.5 Å². The van der Waals surface area contributed by atoms with E-state index in [1.54, 1.807) is 18.2 Å². The van der Waals surface area contributed by atoms with E-state index in [1.165, 1.54) is 0 Å². The van der Waals surface area contributed by atoms with Crippen LogP contribution >= 0.6 is 0 Å². The van der Waals surface area contributed by atoms with Crippen molar-refractivity contribution in [3.63, 3.8) is 0 Å². The van der Waals surface area contributed by atoms with Gasteiger partial charge in [0, 0.05) is 13.0 Å². The first-order valence-corrected chi connectivity index (χ1v) is 7.84. The van der Waals surface area contributed by atoms with Crippen molar-refractivity contribution in [1.82, 2.24) is 5.32 Å². The number of carbonyl (C=O) groups is 2. The lowest BCUT2D eigenvalue weighted by Gasteiger charge is -2.23. The molecular formula is C17H23NO6. The molecule has 1 aromatic carbocycles. The summed E-state index contributed by atoms with van der Waals surface area (Å²) in [6.45, 7) is 6.64. The number of fused-ring (bicyclic) bond motifs is 1. The molecule has 1 aromatic rings. The van der Waals surface area contributed by atoms with Gasteiger partial charge in [0.05, 0.1) is 11.2 Å². The number of amides is 1. The van der Waals surface area contributed by atoms with Crippen LogP contribution in [0.1, 0.15) is 37.6 Å². The molecule has 132 valence electrons. The van der Waals surface area contributed by atoms with E-state index in [-0.39, 0.29) is 24.2 Å². The van der Waals surface area contributed by atoms with E-state index in [0.717, 1.165) is 0 Å². The summed E-state index contributed by atoms with van der Waals surface area (Å²) in [7, 11) is 0. The number of nitrogens with one attached hydrogen (secondary N) is 1. The Morgan fingerprint density at radius 1 is 1.29 bits per heavy atom. The molecule has 0 bridgehead atoms. The number of aliphatic carboxylic acids is 1. The highest BCUT2D eigenvalue weighted by molar-refractivity contribution is 5.99. The average molecular weight is 337 g/mol. The van der Waals surface area contributed by atoms with Gasteiger partial charge in [0.1, 0.15) is 19.3 Å². The van der Waals surface area contributed by atoms with Gasteiger partial charge >= 0.3 is 5.97 Å². The third-order valence-electron chi connectivity index (χ3n) is 3.36. The molecule has 1 heterocycles. The summed E-state index contributed by atoms with van der Waals surface area (Å²) in [6.07, 6.45) is 0.171. The van der Waals surface area contributed by atoms with Gasteiger partial charge in [-0.3, -0.25) is 4.79 Å². The van der Waals surface area contributed by atoms with Crippen LogP contribution in [-0.4, -0.2) is 48.4 Å². The van der Waals surface area contributed by atoms with E-state index in [4.69, 9.17) is 14.2 Å². The zero-order valence-electron chi connectivity index (χ0n) is 14.1. The predicted octanol–water partition coefficient (Wildman–Crippen LogP) is 1.85. The molecule has 0 fully saturated rings. The monoisotopic (exact) mass is 337 g/mol. The maximum Gasteiger partial charge on any atom is 0.326 e. The quantitative estimate of drug-likeness (QED) is 0.823. The molecule has 0 aromatic heterocycles. The number of hydrogen-bond acceptors (Lipinski definition) is 5. The van der Waals surface area contributed by atoms with Crippen LogP contribution < -0.4 is 14.8 Å². The van der Waals surface area contributed by atoms with Crippen molar-refractivity contribution in [2.45, 2.75) is 38.8 Å². The van der Waals surface area contributed by atoms with Crippen LogP contribution in [0.3, 0.4) is 0 Å². The van der Waals surface area contributed by atoms with Crippen molar-refractivity contribution in [3.8, 4) is 11.5 Å². The van der Waals surface area contributed by atoms with Crippen LogP contribution in [0.15, 0.2) is 18.2 Å². The van der Waals surface area contributed by atoms with Crippen molar-refractivity contribution in [2.75, 3.05) is 19.8 Å². The third-order valence-corrected chi connectivity index (χ3v) is 3.36. The van der Waals surface area contributed by atoms with Crippen LogP contribution in [0.4, 0.5) is 0 Å². The Labute approximate surface area is 140 Å². The lowest BCUT2D eigenvalue weighted by atomic mass is 10.1. The van der Waals surface area contributed by atoms with Crippen molar-refractivity contribution < 1.29 is 28.9 Å². The van der Waals surface area contributed by atoms with E-state index in [2.05, 4.69) is 5.32 Å². The Bertz CT molecular complexity index is 608. The van der Waals surface area contributed by atoms with Crippen molar-refractivity contribution in [1.29, 1.82) is 0 Å². The van der Waals surface area contributed by atoms with Gasteiger partial charge in [-0.05, 0) is 32.9 Å². The smallest absolute Gasteiger partial charge is 0.326 e. The zero-order valence-corrected chi connectivity index (χ0v) is 14.1. The normalized spacial score (nSPS) is 14.8. The molecule has 24 heavy (non-hydrogen) atoms. The Balaban J connectivity index is 2.04. The molecule has 2 rings (SSSR count). The second-order valence-corrected chi connectivity index (χ2v) is 6.44. The minimum Gasteiger partial charge on any atom is -0.486 e. The van der Waals surface area contributed by atoms with Gasteiger partial charge in [-0.2, -0.15) is 0 Å². The van der Waals surface area contributed by atoms with Gasteiger partial charge < -0.3 is 24.6 Å². The zero-order chi connectivity index (χ0) is 17.7. The summed E-state index contributed by atoms with van der Waals surface area (Å²) in [5.41, 5.74) is -0.105. The fraction of sp³-hybridized carbons (Fsp3) is 0.529. The Hall–Kier alpha value is -2.28. The van der Waals surface area contributed by atoms with Crippen LogP contribution in [0.25, 0.3) is 0 Å². The Kier molecular flexibility index (Phi) is 5.66. The topological polar surface area (TPSA) is 94.1 Å². The molecule has 1 aliphatic rings. The van der Waals surface area contributed by atoms with Crippen LogP contribution in [-0.2, 0) is 9.53 Å². The van der Waals surface area contributed by atoms with E-state index in [9.17, 15) is 14.7 Å². The fourth-order valence-electron chi connectivity index (χ4n) is 2.23. The molecule has 0 spiro atoms. The van der Waals surface area contributed by atoms with E-state index < -0.39 is 17.9 Å². The van der Waals surface area contributed by atoms with Gasteiger partial charge in [-0.15, -0.1) is 0 Å². The highest BCUT2D eigenvalue weighted by Gasteiger charge is 2.25. The summed E-state index contributed by atoms with van der Waals surface area (Å²) in [4.78, 5) is 23.8. The molecule has 0 radical (unpaired) electrons. The molecule has 2 N–H and O–H groups in total. The summed E-state index contributed by atoms with van der Waals surface area (Å²) in [6, 6.07) is 3.91. The maximum atomic E-state index is 12.4. The molecule has 0 saturated carbocycles. The fourth-order valence-corrected chi connectivity index (χ4v) is 2.23. The second kappa shape index (κ2) is 7.53. The highest BCUT2D eigenvalue weighted by Crippen LogP contribution is 2.33. The SMILES string of the molecule is CC(C)(C)OCCC(NC(=O)c1cccc2c1OCCO2)C(=O)O. The number of ether oxygens (including phenoxy) is 3. The standard InChI is InChI=1S/C17H23NO6/c1-17(2,3)24-8-7-12(16(20)21)18-15(19)11-5-4-6-13-14(11)23-10-9-22-13/h4-6,12H,7-10H2,1-3H3,(H,18,19)(H,20,21). The maximum absolute atomic E-state index is 12.4. The molecule has 1 atom stereocenters. The van der Waals surface area contributed by atoms with E-state index >= 15 is 0 Å². The molecule has 7 heteroatoms. The first-order valence-electron chi connectivity index (χ1n) is 7.84. The molecule has 1 unspecified atom stereocenters. The number of rotatable bonds is 6. The van der Waals surface area contributed by atoms with Gasteiger partial charge in [0.25, 0.3) is 5.91 Å². The Morgan fingerprint density at radius 2 is 2.00 bits per heavy atom. The van der Waals surface area contributed by atoms with Gasteiger partial charge in [-0.1, -0.05) is 6.07 Å². The molecule has 0 saturated heterocycles. The third kappa shape index (κ3) is 4.86. The largest absolute Gasteiger partial charge is 0.486 e. The molecule has 0 aliphatic carbocycles. The van der Waals surface area contributed by atoms with Gasteiger partial charge in [-0.25, -0.2) is 4.79 Å². The number of carbonyl (C=O) groups excluding carboxylic acids is 1. The number of carboxylic acid groups (broad SMARTS) is 1. The summed E-state index contributed by atoms with van der Waals surface area (Å²) in [5, 5.41) is 11.8. The number of benzene rings is 1. The average Bonchev–Trinajstić information content (AvgIpc) is 2.52. The van der Waals surface area contributed by atoms with E-state index in [0.29, 0.717) is 24.7 Å². The molecular weight excluding hydrogens is 314 g/mol. The minimum atomic E-state index is -1.11. The van der Waals surface area contributed by atoms with Gasteiger partial charge in [0.15, 0.2) is 11.5 Å². The minimum absolute atomic E-state index is 0.171. The predicted molar refractivity (Wildman–Crippen MR) is 86.6 cm³/mol. The Morgan fingerprint density at radius 3 is 2.67 bits per heavy atom. The number of para-hydroxylation sites is 1. The summed E-state index contributed by atoms with van der Waals surface area (Å²) >= 11 is 0. The van der Waals surface area contributed by atoms with Gasteiger partial charge in [0.2, 0.25) is 0 Å². The van der Waals surface area contributed by atoms with E-state index in [1.807, 2.05) is 20.8 Å². The molecule has 7 nitrogen and oxygen atoms in total. The van der Waals surface area contributed by atoms with Crippen molar-refractivity contribution in [2.24, 2.45) is 0 Å². The first-order chi connectivity index (χ1) is 11.3. The second-order valence-electron chi connectivity index (χ2n) is 6.44. The molecule has 1 amide bonds. The number of carboxylic acids is 1. The summed E-state index contributed by atoms with van der Waals surface area (Å²) < 4.78 is 16.4. The lowest BCUT2D eigenvalue weighted by molar-refractivity contribution is -0.140. The lowest BCUT2D eigenvalue weighted by Crippen LogP contribution is -2.42. The first kappa shape index (κ1) is 18.1. The highest BCUT2D eigenvalue weighted by atomic mass is 16.6. The number of hydrogen-bond donors (Lipinski definition) is 2. The molecule has 1 aliphatic heterocycles. The van der Waals surface area contributed by atoms with Crippen LogP contribution in [0.2, 0.25) is 0 Å². The van der Waals surface area contributed by atoms with Crippen molar-refractivity contribution in [3.05, 3.63) is 23.8 Å².